The van der Waals surface area contributed by atoms with Crippen molar-refractivity contribution in [3.05, 3.63) is 24.5 Å². The van der Waals surface area contributed by atoms with Crippen molar-refractivity contribution >= 4 is 15.9 Å². The lowest BCUT2D eigenvalue weighted by molar-refractivity contribution is -0.135. The fourth-order valence-electron chi connectivity index (χ4n) is 3.21. The third-order valence-electron chi connectivity index (χ3n) is 4.42. The summed E-state index contributed by atoms with van der Waals surface area (Å²) in [5.74, 6) is -0.0955. The summed E-state index contributed by atoms with van der Waals surface area (Å²) >= 11 is 0. The number of piperidine rings is 1. The van der Waals surface area contributed by atoms with Gasteiger partial charge in [-0.15, -0.1) is 0 Å². The molecule has 2 saturated heterocycles. The zero-order valence-corrected chi connectivity index (χ0v) is 13.3. The summed E-state index contributed by atoms with van der Waals surface area (Å²) < 4.78 is 26.7. The molecule has 0 aliphatic carbocycles. The normalized spacial score (nSPS) is 23.6. The van der Waals surface area contributed by atoms with Gasteiger partial charge in [0.25, 0.3) is 0 Å². The van der Waals surface area contributed by atoms with E-state index in [0.29, 0.717) is 6.54 Å². The first-order valence-corrected chi connectivity index (χ1v) is 9.22. The molecule has 2 aliphatic rings. The van der Waals surface area contributed by atoms with Crippen molar-refractivity contribution < 1.29 is 13.2 Å². The van der Waals surface area contributed by atoms with Gasteiger partial charge in [0, 0.05) is 38.6 Å². The third-order valence-corrected chi connectivity index (χ3v) is 6.27. The molecule has 7 heteroatoms. The van der Waals surface area contributed by atoms with E-state index in [0.717, 1.165) is 38.8 Å². The molecule has 0 bridgehead atoms. The van der Waals surface area contributed by atoms with Crippen LogP contribution in [-0.2, 0) is 14.8 Å². The molecule has 3 rings (SSSR count). The van der Waals surface area contributed by atoms with Gasteiger partial charge in [-0.1, -0.05) is 0 Å². The number of amides is 1. The second-order valence-electron chi connectivity index (χ2n) is 5.92. The minimum Gasteiger partial charge on any atom is -0.342 e. The van der Waals surface area contributed by atoms with E-state index in [9.17, 15) is 13.2 Å². The lowest BCUT2D eigenvalue weighted by Crippen LogP contribution is -2.46. The molecule has 3 heterocycles. The van der Waals surface area contributed by atoms with Crippen LogP contribution >= 0.6 is 0 Å². The molecule has 0 saturated carbocycles. The van der Waals surface area contributed by atoms with E-state index in [1.807, 2.05) is 4.90 Å². The van der Waals surface area contributed by atoms with Crippen molar-refractivity contribution in [2.24, 2.45) is 5.92 Å². The third kappa shape index (κ3) is 3.01. The molecule has 0 radical (unpaired) electrons. The van der Waals surface area contributed by atoms with Gasteiger partial charge in [-0.25, -0.2) is 8.42 Å². The Morgan fingerprint density at radius 2 is 1.95 bits per heavy atom. The average molecular weight is 323 g/mol. The van der Waals surface area contributed by atoms with Gasteiger partial charge < -0.3 is 4.90 Å². The molecule has 6 nitrogen and oxygen atoms in total. The molecule has 22 heavy (non-hydrogen) atoms. The number of pyridine rings is 1. The Morgan fingerprint density at radius 1 is 1.18 bits per heavy atom. The van der Waals surface area contributed by atoms with Crippen molar-refractivity contribution in [3.8, 4) is 0 Å². The highest BCUT2D eigenvalue weighted by atomic mass is 32.2. The number of carbonyl (C=O) groups is 1. The number of rotatable bonds is 3. The van der Waals surface area contributed by atoms with Gasteiger partial charge in [0.1, 0.15) is 4.90 Å². The summed E-state index contributed by atoms with van der Waals surface area (Å²) in [5, 5.41) is 0. The summed E-state index contributed by atoms with van der Waals surface area (Å²) in [4.78, 5) is 18.5. The highest BCUT2D eigenvalue weighted by molar-refractivity contribution is 7.89. The molecule has 1 aromatic heterocycles. The molecule has 1 aromatic rings. The predicted octanol–water partition coefficient (Wildman–Crippen LogP) is 1.10. The summed E-state index contributed by atoms with van der Waals surface area (Å²) in [6, 6.07) is 3.16. The first kappa shape index (κ1) is 15.4. The lowest BCUT2D eigenvalue weighted by Gasteiger charge is -2.33. The Kier molecular flexibility index (Phi) is 4.44. The Hall–Kier alpha value is -1.47. The second-order valence-corrected chi connectivity index (χ2v) is 7.86. The Bertz CT molecular complexity index is 627. The van der Waals surface area contributed by atoms with Gasteiger partial charge in [-0.2, -0.15) is 4.31 Å². The highest BCUT2D eigenvalue weighted by Crippen LogP contribution is 2.25. The van der Waals surface area contributed by atoms with Crippen LogP contribution in [0, 0.1) is 5.92 Å². The maximum Gasteiger partial charge on any atom is 0.244 e. The Labute approximate surface area is 131 Å². The van der Waals surface area contributed by atoms with Crippen LogP contribution in [0.3, 0.4) is 0 Å². The van der Waals surface area contributed by atoms with E-state index < -0.39 is 10.0 Å². The van der Waals surface area contributed by atoms with Crippen molar-refractivity contribution in [2.75, 3.05) is 26.2 Å². The topological polar surface area (TPSA) is 70.6 Å². The fourth-order valence-corrected chi connectivity index (χ4v) is 4.70. The monoisotopic (exact) mass is 323 g/mol. The van der Waals surface area contributed by atoms with Crippen molar-refractivity contribution in [1.82, 2.24) is 14.2 Å². The number of nitrogens with zero attached hydrogens (tertiary/aromatic N) is 3. The molecule has 1 amide bonds. The minimum atomic E-state index is -3.55. The van der Waals surface area contributed by atoms with Gasteiger partial charge in [0.15, 0.2) is 0 Å². The Morgan fingerprint density at radius 3 is 2.64 bits per heavy atom. The predicted molar refractivity (Wildman–Crippen MR) is 81.5 cm³/mol. The fraction of sp³-hybridized carbons (Fsp3) is 0.600. The molecule has 0 spiro atoms. The number of aromatic nitrogens is 1. The summed E-state index contributed by atoms with van der Waals surface area (Å²) in [7, 11) is -3.55. The van der Waals surface area contributed by atoms with Crippen LogP contribution in [0.1, 0.15) is 25.7 Å². The van der Waals surface area contributed by atoms with Crippen molar-refractivity contribution in [1.29, 1.82) is 0 Å². The van der Waals surface area contributed by atoms with E-state index in [2.05, 4.69) is 4.98 Å². The molecule has 1 atom stereocenters. The molecule has 0 N–H and O–H groups in total. The molecular formula is C15H21N3O3S. The SMILES string of the molecule is O=C([C@H]1CCCN(S(=O)(=O)c2cccnc2)C1)N1CCCC1. The van der Waals surface area contributed by atoms with E-state index in [1.165, 1.54) is 10.5 Å². The maximum absolute atomic E-state index is 12.6. The summed E-state index contributed by atoms with van der Waals surface area (Å²) in [6.07, 6.45) is 6.51. The number of sulfonamides is 1. The van der Waals surface area contributed by atoms with E-state index >= 15 is 0 Å². The van der Waals surface area contributed by atoms with Crippen molar-refractivity contribution in [3.63, 3.8) is 0 Å². The number of carbonyl (C=O) groups excluding carboxylic acids is 1. The van der Waals surface area contributed by atoms with Crippen LogP contribution < -0.4 is 0 Å². The van der Waals surface area contributed by atoms with Gasteiger partial charge >= 0.3 is 0 Å². The van der Waals surface area contributed by atoms with Crippen LogP contribution in [-0.4, -0.2) is 54.7 Å². The van der Waals surface area contributed by atoms with Crippen LogP contribution in [0.15, 0.2) is 29.4 Å². The first-order valence-electron chi connectivity index (χ1n) is 7.78. The van der Waals surface area contributed by atoms with Gasteiger partial charge in [0.2, 0.25) is 15.9 Å². The van der Waals surface area contributed by atoms with Crippen molar-refractivity contribution in [2.45, 2.75) is 30.6 Å². The lowest BCUT2D eigenvalue weighted by atomic mass is 9.98. The molecule has 0 aromatic carbocycles. The van der Waals surface area contributed by atoms with Crippen LogP contribution in [0.25, 0.3) is 0 Å². The Balaban J connectivity index is 1.74. The van der Waals surface area contributed by atoms with E-state index in [-0.39, 0.29) is 23.3 Å². The average Bonchev–Trinajstić information content (AvgIpc) is 3.09. The smallest absolute Gasteiger partial charge is 0.244 e. The molecular weight excluding hydrogens is 302 g/mol. The molecule has 2 aliphatic heterocycles. The van der Waals surface area contributed by atoms with Gasteiger partial charge in [-0.3, -0.25) is 9.78 Å². The zero-order valence-electron chi connectivity index (χ0n) is 12.5. The molecule has 120 valence electrons. The standard InChI is InChI=1S/C15H21N3O3S/c19-15(17-8-1-2-9-17)13-5-4-10-18(12-13)22(20,21)14-6-3-7-16-11-14/h3,6-7,11,13H,1-2,4-5,8-10,12H2/t13-/m0/s1. The van der Waals surface area contributed by atoms with E-state index in [1.54, 1.807) is 18.3 Å². The summed E-state index contributed by atoms with van der Waals surface area (Å²) in [5.41, 5.74) is 0. The first-order chi connectivity index (χ1) is 10.6. The quantitative estimate of drug-likeness (QED) is 0.835. The number of likely N-dealkylation sites (tertiary alicyclic amines) is 1. The van der Waals surface area contributed by atoms with Crippen LogP contribution in [0.4, 0.5) is 0 Å². The van der Waals surface area contributed by atoms with Crippen LogP contribution in [0.5, 0.6) is 0 Å². The highest BCUT2D eigenvalue weighted by Gasteiger charge is 2.35. The largest absolute Gasteiger partial charge is 0.342 e. The van der Waals surface area contributed by atoms with Crippen LogP contribution in [0.2, 0.25) is 0 Å². The number of hydrogen-bond acceptors (Lipinski definition) is 4. The zero-order chi connectivity index (χ0) is 15.6. The van der Waals surface area contributed by atoms with Gasteiger partial charge in [0.05, 0.1) is 5.92 Å². The maximum atomic E-state index is 12.6. The van der Waals surface area contributed by atoms with Gasteiger partial charge in [-0.05, 0) is 37.8 Å². The van der Waals surface area contributed by atoms with E-state index in [4.69, 9.17) is 0 Å². The summed E-state index contributed by atoms with van der Waals surface area (Å²) in [6.45, 7) is 2.38. The molecule has 0 unspecified atom stereocenters. The second kappa shape index (κ2) is 6.34. The molecule has 2 fully saturated rings. The minimum absolute atomic E-state index is 0.114. The number of hydrogen-bond donors (Lipinski definition) is 0.